The molecule has 1 aliphatic rings. The van der Waals surface area contributed by atoms with Crippen molar-refractivity contribution in [3.05, 3.63) is 11.6 Å². The fourth-order valence-corrected chi connectivity index (χ4v) is 0.700. The van der Waals surface area contributed by atoms with Crippen LogP contribution in [0.4, 0.5) is 0 Å². The second-order valence-electron chi connectivity index (χ2n) is 2.23. The second kappa shape index (κ2) is 2.81. The normalized spacial score (nSPS) is 20.7. The number of rotatable bonds is 1. The van der Waals surface area contributed by atoms with Gasteiger partial charge in [-0.1, -0.05) is 6.08 Å². The predicted octanol–water partition coefficient (Wildman–Crippen LogP) is -0.879. The molecule has 4 nitrogen and oxygen atoms in total. The summed E-state index contributed by atoms with van der Waals surface area (Å²) in [5.74, 6) is 0. The molecule has 1 atom stereocenters. The second-order valence-corrected chi connectivity index (χ2v) is 2.23. The Balaban J connectivity index is 2.59. The highest BCUT2D eigenvalue weighted by atomic mass is 16.3. The summed E-state index contributed by atoms with van der Waals surface area (Å²) in [4.78, 5) is 0. The van der Waals surface area contributed by atoms with Crippen LogP contribution in [0.15, 0.2) is 16.8 Å². The molecule has 0 saturated heterocycles. The third-order valence-electron chi connectivity index (χ3n) is 1.34. The Bertz CT molecular complexity index is 174. The monoisotopic (exact) mass is 141 g/mol. The van der Waals surface area contributed by atoms with Gasteiger partial charge in [0.1, 0.15) is 6.23 Å². The van der Waals surface area contributed by atoms with Crippen LogP contribution in [0.1, 0.15) is 0 Å². The third kappa shape index (κ3) is 1.55. The minimum atomic E-state index is -0.891. The highest BCUT2D eigenvalue weighted by Crippen LogP contribution is 2.00. The zero-order chi connectivity index (χ0) is 7.56. The number of hydrogen-bond acceptors (Lipinski definition) is 4. The van der Waals surface area contributed by atoms with Gasteiger partial charge in [0, 0.05) is 12.6 Å². The van der Waals surface area contributed by atoms with E-state index in [1.807, 2.05) is 13.1 Å². The molecule has 0 saturated carbocycles. The number of hydrazone groups is 1. The molecule has 0 fully saturated rings. The molecule has 0 aromatic carbocycles. The van der Waals surface area contributed by atoms with Crippen molar-refractivity contribution in [1.82, 2.24) is 5.01 Å². The van der Waals surface area contributed by atoms with E-state index in [2.05, 4.69) is 5.10 Å². The van der Waals surface area contributed by atoms with Gasteiger partial charge in [-0.15, -0.1) is 0 Å². The van der Waals surface area contributed by atoms with Gasteiger partial charge >= 0.3 is 0 Å². The van der Waals surface area contributed by atoms with Crippen LogP contribution in [-0.4, -0.2) is 36.2 Å². The Morgan fingerprint density at radius 2 is 2.60 bits per heavy atom. The number of likely N-dealkylation sites (N-methyl/N-ethyl adjacent to an activating group) is 1. The van der Waals surface area contributed by atoms with E-state index in [9.17, 15) is 0 Å². The molecular weight excluding hydrogens is 130 g/mol. The molecule has 56 valence electrons. The van der Waals surface area contributed by atoms with Crippen molar-refractivity contribution < 1.29 is 5.11 Å². The zero-order valence-electron chi connectivity index (χ0n) is 5.86. The van der Waals surface area contributed by atoms with Gasteiger partial charge in [0.15, 0.2) is 0 Å². The van der Waals surface area contributed by atoms with E-state index in [0.29, 0.717) is 12.1 Å². The van der Waals surface area contributed by atoms with Crippen molar-refractivity contribution in [3.63, 3.8) is 0 Å². The maximum Gasteiger partial charge on any atom is 0.129 e. The first-order chi connectivity index (χ1) is 4.70. The highest BCUT2D eigenvalue weighted by Gasteiger charge is 2.05. The van der Waals surface area contributed by atoms with Crippen molar-refractivity contribution in [2.24, 2.45) is 10.8 Å². The van der Waals surface area contributed by atoms with E-state index < -0.39 is 6.23 Å². The molecule has 1 unspecified atom stereocenters. The molecule has 0 radical (unpaired) electrons. The largest absolute Gasteiger partial charge is 0.374 e. The molecule has 0 aromatic heterocycles. The molecule has 3 N–H and O–H groups in total. The maximum atomic E-state index is 8.86. The van der Waals surface area contributed by atoms with Crippen LogP contribution in [0, 0.1) is 0 Å². The summed E-state index contributed by atoms with van der Waals surface area (Å²) in [6.07, 6.45) is 2.52. The first-order valence-corrected chi connectivity index (χ1v) is 3.09. The van der Waals surface area contributed by atoms with Crippen molar-refractivity contribution in [1.29, 1.82) is 0 Å². The lowest BCUT2D eigenvalue weighted by Gasteiger charge is -2.16. The Morgan fingerprint density at radius 3 is 3.00 bits per heavy atom. The van der Waals surface area contributed by atoms with Crippen molar-refractivity contribution in [2.75, 3.05) is 13.6 Å². The van der Waals surface area contributed by atoms with Crippen LogP contribution in [0.2, 0.25) is 0 Å². The zero-order valence-corrected chi connectivity index (χ0v) is 5.86. The molecule has 0 amide bonds. The summed E-state index contributed by atoms with van der Waals surface area (Å²) in [7, 11) is 1.85. The summed E-state index contributed by atoms with van der Waals surface area (Å²) in [5, 5.41) is 14.6. The molecule has 0 aromatic rings. The summed E-state index contributed by atoms with van der Waals surface area (Å²) < 4.78 is 0. The smallest absolute Gasteiger partial charge is 0.129 e. The molecule has 0 spiro atoms. The molecular formula is C6H11N3O. The van der Waals surface area contributed by atoms with Crippen LogP contribution in [0.5, 0.6) is 0 Å². The van der Waals surface area contributed by atoms with Crippen LogP contribution in [0.3, 0.4) is 0 Å². The Hall–Kier alpha value is -0.870. The van der Waals surface area contributed by atoms with Gasteiger partial charge in [-0.25, -0.2) is 0 Å². The summed E-state index contributed by atoms with van der Waals surface area (Å²) in [5.41, 5.74) is 5.87. The number of nitrogens with zero attached hydrogens (tertiary/aromatic N) is 2. The summed E-state index contributed by atoms with van der Waals surface area (Å²) in [6.45, 7) is 0.708. The fraction of sp³-hybridized carbons (Fsp3) is 0.500. The Kier molecular flexibility index (Phi) is 2.03. The van der Waals surface area contributed by atoms with Gasteiger partial charge in [0.25, 0.3) is 0 Å². The van der Waals surface area contributed by atoms with E-state index in [4.69, 9.17) is 10.8 Å². The molecule has 0 bridgehead atoms. The van der Waals surface area contributed by atoms with Gasteiger partial charge in [0.2, 0.25) is 0 Å². The first-order valence-electron chi connectivity index (χ1n) is 3.09. The van der Waals surface area contributed by atoms with E-state index >= 15 is 0 Å². The standard InChI is InChI=1S/C6H11N3O/c1-9-3-2-5(4-8-9)6(7)10/h2,4,6,10H,3,7H2,1H3. The number of aliphatic hydroxyl groups is 1. The lowest BCUT2D eigenvalue weighted by molar-refractivity contribution is 0.223. The van der Waals surface area contributed by atoms with E-state index in [0.717, 1.165) is 0 Å². The Morgan fingerprint density at radius 1 is 1.90 bits per heavy atom. The number of hydrogen-bond donors (Lipinski definition) is 2. The molecule has 10 heavy (non-hydrogen) atoms. The molecule has 1 heterocycles. The van der Waals surface area contributed by atoms with E-state index in [-0.39, 0.29) is 0 Å². The molecule has 1 rings (SSSR count). The van der Waals surface area contributed by atoms with Gasteiger partial charge in [-0.2, -0.15) is 5.10 Å². The van der Waals surface area contributed by atoms with Crippen LogP contribution < -0.4 is 5.73 Å². The highest BCUT2D eigenvalue weighted by molar-refractivity contribution is 5.80. The number of nitrogens with two attached hydrogens (primary N) is 1. The maximum absolute atomic E-state index is 8.86. The molecule has 4 heteroatoms. The Labute approximate surface area is 59.6 Å². The van der Waals surface area contributed by atoms with Gasteiger partial charge < -0.3 is 10.8 Å². The van der Waals surface area contributed by atoms with E-state index in [1.165, 1.54) is 0 Å². The SMILES string of the molecule is CN1CC=C(C(N)O)C=N1. The van der Waals surface area contributed by atoms with Gasteiger partial charge in [0.05, 0.1) is 12.8 Å². The van der Waals surface area contributed by atoms with Crippen molar-refractivity contribution in [2.45, 2.75) is 6.23 Å². The van der Waals surface area contributed by atoms with E-state index in [1.54, 1.807) is 11.2 Å². The summed E-state index contributed by atoms with van der Waals surface area (Å²) >= 11 is 0. The van der Waals surface area contributed by atoms with Gasteiger partial charge in [-0.3, -0.25) is 5.01 Å². The predicted molar refractivity (Wildman–Crippen MR) is 39.4 cm³/mol. The minimum Gasteiger partial charge on any atom is -0.374 e. The fourth-order valence-electron chi connectivity index (χ4n) is 0.700. The average Bonchev–Trinajstić information content (AvgIpc) is 1.88. The average molecular weight is 141 g/mol. The number of aliphatic hydroxyl groups excluding tert-OH is 1. The first kappa shape index (κ1) is 7.24. The quantitative estimate of drug-likeness (QED) is 0.466. The lowest BCUT2D eigenvalue weighted by Crippen LogP contribution is -2.27. The molecule has 1 aliphatic heterocycles. The van der Waals surface area contributed by atoms with Crippen LogP contribution in [0.25, 0.3) is 0 Å². The molecule has 0 aliphatic carbocycles. The van der Waals surface area contributed by atoms with Crippen LogP contribution >= 0.6 is 0 Å². The third-order valence-corrected chi connectivity index (χ3v) is 1.34. The van der Waals surface area contributed by atoms with Crippen LogP contribution in [-0.2, 0) is 0 Å². The van der Waals surface area contributed by atoms with Crippen molar-refractivity contribution >= 4 is 6.21 Å². The summed E-state index contributed by atoms with van der Waals surface area (Å²) in [6, 6.07) is 0. The lowest BCUT2D eigenvalue weighted by atomic mass is 10.2. The minimum absolute atomic E-state index is 0.679. The topological polar surface area (TPSA) is 61.8 Å². The van der Waals surface area contributed by atoms with Crippen molar-refractivity contribution in [3.8, 4) is 0 Å². The van der Waals surface area contributed by atoms with Gasteiger partial charge in [-0.05, 0) is 0 Å².